The van der Waals surface area contributed by atoms with E-state index < -0.39 is 42.0 Å². The number of anilines is 1. The molecule has 0 aliphatic carbocycles. The summed E-state index contributed by atoms with van der Waals surface area (Å²) in [5.74, 6) is -0.312. The van der Waals surface area contributed by atoms with Gasteiger partial charge in [0.15, 0.2) is 18.5 Å². The van der Waals surface area contributed by atoms with Gasteiger partial charge in [-0.05, 0) is 32.9 Å². The van der Waals surface area contributed by atoms with E-state index in [2.05, 4.69) is 14.9 Å². The van der Waals surface area contributed by atoms with Crippen LogP contribution in [0.15, 0.2) is 18.5 Å². The van der Waals surface area contributed by atoms with Crippen LogP contribution in [0.25, 0.3) is 10.4 Å². The number of nitrogens with zero attached hydrogens (tertiary/aromatic N) is 4. The minimum absolute atomic E-state index is 0.236. The Morgan fingerprint density at radius 3 is 2.81 bits per heavy atom. The Morgan fingerprint density at radius 2 is 2.19 bits per heavy atom. The number of nitrogens with two attached hydrogens (primary N) is 1. The molecule has 0 radical (unpaired) electrons. The molecule has 1 saturated heterocycles. The first-order valence-electron chi connectivity index (χ1n) is 8.28. The van der Waals surface area contributed by atoms with Crippen LogP contribution in [-0.2, 0) is 14.3 Å². The second kappa shape index (κ2) is 6.45. The fourth-order valence-electron chi connectivity index (χ4n) is 2.85. The number of aliphatic hydroxyl groups is 2. The van der Waals surface area contributed by atoms with E-state index in [4.69, 9.17) is 21.8 Å². The summed E-state index contributed by atoms with van der Waals surface area (Å²) in [6, 6.07) is 3.26. The fraction of sp³-hybridized carbons (Fsp3) is 0.529. The Labute approximate surface area is 155 Å². The molecule has 0 amide bonds. The smallest absolute Gasteiger partial charge is 0.400 e. The van der Waals surface area contributed by atoms with Crippen molar-refractivity contribution >= 4 is 17.3 Å². The molecule has 1 aliphatic rings. The van der Waals surface area contributed by atoms with Crippen LogP contribution in [0.5, 0.6) is 0 Å². The first-order valence-corrected chi connectivity index (χ1v) is 8.28. The quantitative estimate of drug-likeness (QED) is 0.515. The van der Waals surface area contributed by atoms with Crippen molar-refractivity contribution in [3.05, 3.63) is 35.6 Å². The summed E-state index contributed by atoms with van der Waals surface area (Å²) < 4.78 is 12.3. The number of esters is 1. The van der Waals surface area contributed by atoms with Gasteiger partial charge in [-0.3, -0.25) is 14.4 Å². The predicted octanol–water partition coefficient (Wildman–Crippen LogP) is 0.309. The van der Waals surface area contributed by atoms with Crippen LogP contribution >= 0.6 is 0 Å². The average Bonchev–Trinajstić information content (AvgIpc) is 3.14. The van der Waals surface area contributed by atoms with Crippen LogP contribution in [0, 0.1) is 12.0 Å². The molecule has 1 fully saturated rings. The minimum Gasteiger partial charge on any atom is -0.453 e. The molecule has 0 bridgehead atoms. The standard InChI is InChI=1S/C17H21N5O5/c1-16(2,3)15(25)26-7-17(19-4)13(24)11(23)12(27-17)9-5-6-10-14(18)20-8-21-22(9)10/h5-6,8,11-13,23-24H,7H2,1-3H3,(H2,18,20,21)/t11-,12-,13-,17+/m0/s1. The highest BCUT2D eigenvalue weighted by Crippen LogP contribution is 2.42. The van der Waals surface area contributed by atoms with Gasteiger partial charge in [0, 0.05) is 0 Å². The molecule has 0 unspecified atom stereocenters. The molecule has 0 aromatic carbocycles. The summed E-state index contributed by atoms with van der Waals surface area (Å²) in [6.07, 6.45) is -2.84. The van der Waals surface area contributed by atoms with Crippen molar-refractivity contribution in [2.75, 3.05) is 12.3 Å². The predicted molar refractivity (Wildman–Crippen MR) is 93.0 cm³/mol. The van der Waals surface area contributed by atoms with Crippen LogP contribution in [0.1, 0.15) is 32.6 Å². The lowest BCUT2D eigenvalue weighted by Gasteiger charge is -2.22. The van der Waals surface area contributed by atoms with E-state index >= 15 is 0 Å². The second-order valence-electron chi connectivity index (χ2n) is 7.46. The number of ether oxygens (including phenoxy) is 2. The zero-order valence-electron chi connectivity index (χ0n) is 15.2. The first kappa shape index (κ1) is 19.0. The largest absolute Gasteiger partial charge is 0.453 e. The maximum atomic E-state index is 12.0. The van der Waals surface area contributed by atoms with Crippen LogP contribution < -0.4 is 5.73 Å². The normalized spacial score (nSPS) is 28.2. The number of rotatable bonds is 3. The molecule has 4 N–H and O–H groups in total. The van der Waals surface area contributed by atoms with Gasteiger partial charge in [0.1, 0.15) is 24.1 Å². The second-order valence-corrected chi connectivity index (χ2v) is 7.46. The van der Waals surface area contributed by atoms with Gasteiger partial charge in [0.25, 0.3) is 0 Å². The third-order valence-electron chi connectivity index (χ3n) is 4.44. The van der Waals surface area contributed by atoms with E-state index in [9.17, 15) is 15.0 Å². The maximum absolute atomic E-state index is 12.0. The van der Waals surface area contributed by atoms with Gasteiger partial charge in [-0.1, -0.05) is 0 Å². The summed E-state index contributed by atoms with van der Waals surface area (Å²) in [6.45, 7) is 12.0. The molecule has 2 aromatic heterocycles. The molecule has 0 spiro atoms. The number of carbonyl (C=O) groups excluding carboxylic acids is 1. The highest BCUT2D eigenvalue weighted by atomic mass is 16.6. The number of aromatic nitrogens is 3. The van der Waals surface area contributed by atoms with Crippen LogP contribution in [0.2, 0.25) is 0 Å². The number of hydrogen-bond donors (Lipinski definition) is 3. The number of hydrogen-bond acceptors (Lipinski definition) is 8. The van der Waals surface area contributed by atoms with Gasteiger partial charge in [0.05, 0.1) is 11.1 Å². The maximum Gasteiger partial charge on any atom is 0.400 e. The molecule has 3 rings (SSSR count). The molecule has 0 saturated carbocycles. The molecule has 10 nitrogen and oxygen atoms in total. The van der Waals surface area contributed by atoms with Crippen molar-refractivity contribution < 1.29 is 24.5 Å². The monoisotopic (exact) mass is 375 g/mol. The number of aliphatic hydroxyl groups excluding tert-OH is 2. The molecular formula is C17H21N5O5. The lowest BCUT2D eigenvalue weighted by atomic mass is 9.97. The Morgan fingerprint density at radius 1 is 1.48 bits per heavy atom. The SMILES string of the molecule is [C-]#[N+][C@]1(COC(=O)C(C)(C)C)O[C@@H](c2ccc3c(N)ncnn23)[C@H](O)[C@@H]1O. The van der Waals surface area contributed by atoms with Crippen molar-refractivity contribution in [2.24, 2.45) is 5.41 Å². The Bertz CT molecular complexity index is 915. The lowest BCUT2D eigenvalue weighted by molar-refractivity contribution is -0.164. The highest BCUT2D eigenvalue weighted by Gasteiger charge is 2.62. The van der Waals surface area contributed by atoms with Crippen molar-refractivity contribution in [3.63, 3.8) is 0 Å². The molecule has 1 aliphatic heterocycles. The highest BCUT2D eigenvalue weighted by molar-refractivity contribution is 5.75. The number of fused-ring (bicyclic) bond motifs is 1. The third-order valence-corrected chi connectivity index (χ3v) is 4.44. The third kappa shape index (κ3) is 3.10. The van der Waals surface area contributed by atoms with E-state index in [1.54, 1.807) is 32.9 Å². The van der Waals surface area contributed by atoms with E-state index in [0.717, 1.165) is 0 Å². The van der Waals surface area contributed by atoms with Gasteiger partial charge >= 0.3 is 11.7 Å². The number of nitrogen functional groups attached to an aromatic ring is 1. The molecule has 144 valence electrons. The molecule has 3 heterocycles. The Kier molecular flexibility index (Phi) is 4.55. The van der Waals surface area contributed by atoms with Crippen LogP contribution in [0.4, 0.5) is 5.82 Å². The summed E-state index contributed by atoms with van der Waals surface area (Å²) >= 11 is 0. The zero-order chi connectivity index (χ0) is 20.0. The Balaban J connectivity index is 1.91. The molecular weight excluding hydrogens is 354 g/mol. The van der Waals surface area contributed by atoms with Crippen molar-refractivity contribution in [1.29, 1.82) is 0 Å². The summed E-state index contributed by atoms with van der Waals surface area (Å²) in [5, 5.41) is 25.1. The topological polar surface area (TPSA) is 137 Å². The van der Waals surface area contributed by atoms with E-state index in [1.165, 1.54) is 10.8 Å². The molecule has 2 aromatic rings. The average molecular weight is 375 g/mol. The fourth-order valence-corrected chi connectivity index (χ4v) is 2.85. The first-order chi connectivity index (χ1) is 12.6. The van der Waals surface area contributed by atoms with Crippen LogP contribution in [0.3, 0.4) is 0 Å². The van der Waals surface area contributed by atoms with Crippen LogP contribution in [-0.4, -0.2) is 55.3 Å². The van der Waals surface area contributed by atoms with E-state index in [0.29, 0.717) is 11.2 Å². The zero-order valence-corrected chi connectivity index (χ0v) is 15.2. The van der Waals surface area contributed by atoms with Gasteiger partial charge < -0.3 is 20.7 Å². The molecule has 4 atom stereocenters. The molecule has 10 heteroatoms. The van der Waals surface area contributed by atoms with Crippen molar-refractivity contribution in [1.82, 2.24) is 14.6 Å². The summed E-state index contributed by atoms with van der Waals surface area (Å²) in [5.41, 5.74) is 3.98. The van der Waals surface area contributed by atoms with Gasteiger partial charge in [-0.25, -0.2) is 16.1 Å². The summed E-state index contributed by atoms with van der Waals surface area (Å²) in [7, 11) is 0. The van der Waals surface area contributed by atoms with E-state index in [-0.39, 0.29) is 5.82 Å². The number of carbonyl (C=O) groups is 1. The van der Waals surface area contributed by atoms with Crippen molar-refractivity contribution in [3.8, 4) is 0 Å². The van der Waals surface area contributed by atoms with E-state index in [1.807, 2.05) is 0 Å². The van der Waals surface area contributed by atoms with Gasteiger partial charge in [0.2, 0.25) is 0 Å². The summed E-state index contributed by atoms with van der Waals surface area (Å²) in [4.78, 5) is 19.3. The Hall–Kier alpha value is -2.74. The van der Waals surface area contributed by atoms with Crippen molar-refractivity contribution in [2.45, 2.75) is 44.8 Å². The minimum atomic E-state index is -1.92. The lowest BCUT2D eigenvalue weighted by Crippen LogP contribution is -2.45. The van der Waals surface area contributed by atoms with Gasteiger partial charge in [-0.2, -0.15) is 5.10 Å². The molecule has 27 heavy (non-hydrogen) atoms. The van der Waals surface area contributed by atoms with Gasteiger partial charge in [-0.15, -0.1) is 0 Å².